The molecule has 2 heteroatoms. The van der Waals surface area contributed by atoms with E-state index < -0.39 is 0 Å². The number of nitrogens with one attached hydrogen (secondary N) is 1. The summed E-state index contributed by atoms with van der Waals surface area (Å²) in [6.45, 7) is 8.45. The van der Waals surface area contributed by atoms with Crippen molar-refractivity contribution in [3.05, 3.63) is 12.7 Å². The van der Waals surface area contributed by atoms with Crippen molar-refractivity contribution in [3.63, 3.8) is 0 Å². The van der Waals surface area contributed by atoms with Crippen molar-refractivity contribution in [2.45, 2.75) is 63.6 Å². The molecule has 2 aliphatic rings. The molecule has 2 rings (SSSR count). The van der Waals surface area contributed by atoms with Gasteiger partial charge in [0.25, 0.3) is 0 Å². The third-order valence-corrected chi connectivity index (χ3v) is 3.67. The van der Waals surface area contributed by atoms with Crippen molar-refractivity contribution >= 4 is 0 Å². The summed E-state index contributed by atoms with van der Waals surface area (Å²) in [4.78, 5) is 2.67. The Kier molecular flexibility index (Phi) is 4.42. The molecule has 0 aromatic rings. The molecule has 2 saturated carbocycles. The van der Waals surface area contributed by atoms with Crippen molar-refractivity contribution in [1.29, 1.82) is 0 Å². The normalized spacial score (nSPS) is 22.4. The molecular weight excluding hydrogens is 196 g/mol. The van der Waals surface area contributed by atoms with Crippen LogP contribution in [0.5, 0.6) is 0 Å². The van der Waals surface area contributed by atoms with E-state index in [1.807, 2.05) is 0 Å². The highest BCUT2D eigenvalue weighted by molar-refractivity contribution is 4.93. The molecule has 2 aliphatic carbocycles. The monoisotopic (exact) mass is 222 g/mol. The van der Waals surface area contributed by atoms with Gasteiger partial charge in [-0.15, -0.1) is 6.58 Å². The van der Waals surface area contributed by atoms with Gasteiger partial charge in [-0.3, -0.25) is 4.90 Å². The average molecular weight is 222 g/mol. The van der Waals surface area contributed by atoms with Gasteiger partial charge in [0.15, 0.2) is 0 Å². The van der Waals surface area contributed by atoms with Crippen LogP contribution in [0.15, 0.2) is 12.7 Å². The fraction of sp³-hybridized carbons (Fsp3) is 0.857. The second-order valence-corrected chi connectivity index (χ2v) is 5.34. The van der Waals surface area contributed by atoms with E-state index in [9.17, 15) is 0 Å². The largest absolute Gasteiger partial charge is 0.312 e. The smallest absolute Gasteiger partial charge is 0.0226 e. The van der Waals surface area contributed by atoms with Crippen LogP contribution in [0.2, 0.25) is 0 Å². The van der Waals surface area contributed by atoms with Crippen LogP contribution >= 0.6 is 0 Å². The van der Waals surface area contributed by atoms with Crippen molar-refractivity contribution in [3.8, 4) is 0 Å². The topological polar surface area (TPSA) is 15.3 Å². The maximum absolute atomic E-state index is 3.90. The molecule has 2 nitrogen and oxygen atoms in total. The lowest BCUT2D eigenvalue weighted by Crippen LogP contribution is -2.44. The number of hydrogen-bond acceptors (Lipinski definition) is 2. The second-order valence-electron chi connectivity index (χ2n) is 5.34. The molecule has 0 aromatic heterocycles. The van der Waals surface area contributed by atoms with Crippen LogP contribution in [0.3, 0.4) is 0 Å². The molecule has 0 bridgehead atoms. The number of rotatable bonds is 9. The Morgan fingerprint density at radius 1 is 1.38 bits per heavy atom. The lowest BCUT2D eigenvalue weighted by molar-refractivity contribution is 0.190. The highest BCUT2D eigenvalue weighted by atomic mass is 15.2. The summed E-state index contributed by atoms with van der Waals surface area (Å²) in [6, 6.07) is 2.43. The minimum Gasteiger partial charge on any atom is -0.312 e. The molecule has 0 amide bonds. The Balaban J connectivity index is 1.82. The Morgan fingerprint density at radius 3 is 2.62 bits per heavy atom. The van der Waals surface area contributed by atoms with E-state index in [2.05, 4.69) is 29.8 Å². The van der Waals surface area contributed by atoms with E-state index in [0.717, 1.165) is 24.7 Å². The minimum atomic E-state index is 0.732. The SMILES string of the molecule is C=CCN(C1CC1)C(CCC)CNC1CC1. The lowest BCUT2D eigenvalue weighted by atomic mass is 10.1. The Labute approximate surface area is 100 Å². The van der Waals surface area contributed by atoms with Gasteiger partial charge < -0.3 is 5.32 Å². The minimum absolute atomic E-state index is 0.732. The maximum Gasteiger partial charge on any atom is 0.0226 e. The van der Waals surface area contributed by atoms with Gasteiger partial charge in [0.2, 0.25) is 0 Å². The molecule has 1 N–H and O–H groups in total. The van der Waals surface area contributed by atoms with Crippen LogP contribution < -0.4 is 5.32 Å². The summed E-state index contributed by atoms with van der Waals surface area (Å²) in [7, 11) is 0. The highest BCUT2D eigenvalue weighted by Gasteiger charge is 2.33. The first-order chi connectivity index (χ1) is 7.85. The molecule has 16 heavy (non-hydrogen) atoms. The van der Waals surface area contributed by atoms with E-state index >= 15 is 0 Å². The van der Waals surface area contributed by atoms with Crippen molar-refractivity contribution in [2.75, 3.05) is 13.1 Å². The summed E-state index contributed by atoms with van der Waals surface area (Å²) in [6.07, 6.45) is 10.3. The van der Waals surface area contributed by atoms with Crippen molar-refractivity contribution in [2.24, 2.45) is 0 Å². The van der Waals surface area contributed by atoms with Crippen LogP contribution in [0.25, 0.3) is 0 Å². The van der Waals surface area contributed by atoms with Crippen LogP contribution in [-0.2, 0) is 0 Å². The maximum atomic E-state index is 3.90. The predicted molar refractivity (Wildman–Crippen MR) is 69.6 cm³/mol. The average Bonchev–Trinajstić information content (AvgIpc) is 3.16. The summed E-state index contributed by atoms with van der Waals surface area (Å²) in [5.41, 5.74) is 0. The standard InChI is InChI=1S/C14H26N2/c1-3-5-14(11-15-12-6-7-12)16(10-4-2)13-8-9-13/h4,12-15H,2-3,5-11H2,1H3. The first-order valence-corrected chi connectivity index (χ1v) is 6.95. The molecule has 0 saturated heterocycles. The van der Waals surface area contributed by atoms with Crippen molar-refractivity contribution in [1.82, 2.24) is 10.2 Å². The quantitative estimate of drug-likeness (QED) is 0.603. The molecule has 0 spiro atoms. The van der Waals surface area contributed by atoms with Gasteiger partial charge in [0.05, 0.1) is 0 Å². The van der Waals surface area contributed by atoms with Crippen LogP contribution in [0, 0.1) is 0 Å². The fourth-order valence-electron chi connectivity index (χ4n) is 2.46. The van der Waals surface area contributed by atoms with Crippen molar-refractivity contribution < 1.29 is 0 Å². The Morgan fingerprint density at radius 2 is 2.12 bits per heavy atom. The van der Waals surface area contributed by atoms with Gasteiger partial charge in [0, 0.05) is 31.2 Å². The molecule has 0 radical (unpaired) electrons. The van der Waals surface area contributed by atoms with Crippen LogP contribution in [-0.4, -0.2) is 36.1 Å². The summed E-state index contributed by atoms with van der Waals surface area (Å²) >= 11 is 0. The van der Waals surface area contributed by atoms with E-state index in [1.165, 1.54) is 45.1 Å². The predicted octanol–water partition coefficient (Wildman–Crippen LogP) is 2.56. The zero-order valence-corrected chi connectivity index (χ0v) is 10.6. The van der Waals surface area contributed by atoms with Gasteiger partial charge in [-0.05, 0) is 32.1 Å². The third-order valence-electron chi connectivity index (χ3n) is 3.67. The molecule has 92 valence electrons. The van der Waals surface area contributed by atoms with Crippen LogP contribution in [0.1, 0.15) is 45.4 Å². The summed E-state index contributed by atoms with van der Waals surface area (Å²) < 4.78 is 0. The first kappa shape index (κ1) is 12.1. The molecule has 1 unspecified atom stereocenters. The third kappa shape index (κ3) is 3.60. The van der Waals surface area contributed by atoms with Gasteiger partial charge in [-0.25, -0.2) is 0 Å². The zero-order chi connectivity index (χ0) is 11.4. The van der Waals surface area contributed by atoms with Crippen LogP contribution in [0.4, 0.5) is 0 Å². The fourth-order valence-corrected chi connectivity index (χ4v) is 2.46. The molecule has 2 fully saturated rings. The second kappa shape index (κ2) is 5.83. The summed E-state index contributed by atoms with van der Waals surface area (Å²) in [5.74, 6) is 0. The van der Waals surface area contributed by atoms with Gasteiger partial charge in [-0.1, -0.05) is 19.4 Å². The Hall–Kier alpha value is -0.340. The molecule has 0 aliphatic heterocycles. The lowest BCUT2D eigenvalue weighted by Gasteiger charge is -2.31. The van der Waals surface area contributed by atoms with E-state index in [1.54, 1.807) is 0 Å². The number of hydrogen-bond donors (Lipinski definition) is 1. The summed E-state index contributed by atoms with van der Waals surface area (Å²) in [5, 5.41) is 3.69. The Bertz CT molecular complexity index is 219. The van der Waals surface area contributed by atoms with Gasteiger partial charge in [-0.2, -0.15) is 0 Å². The van der Waals surface area contributed by atoms with E-state index in [-0.39, 0.29) is 0 Å². The first-order valence-electron chi connectivity index (χ1n) is 6.95. The molecule has 0 heterocycles. The van der Waals surface area contributed by atoms with Gasteiger partial charge >= 0.3 is 0 Å². The molecular formula is C14H26N2. The highest BCUT2D eigenvalue weighted by Crippen LogP contribution is 2.30. The number of nitrogens with zero attached hydrogens (tertiary/aromatic N) is 1. The van der Waals surface area contributed by atoms with E-state index in [0.29, 0.717) is 0 Å². The zero-order valence-electron chi connectivity index (χ0n) is 10.6. The molecule has 1 atom stereocenters. The molecule has 0 aromatic carbocycles. The van der Waals surface area contributed by atoms with Gasteiger partial charge in [0.1, 0.15) is 0 Å². The van der Waals surface area contributed by atoms with E-state index in [4.69, 9.17) is 0 Å².